The van der Waals surface area contributed by atoms with Gasteiger partial charge in [-0.1, -0.05) is 30.3 Å². The van der Waals surface area contributed by atoms with Crippen LogP contribution in [0.3, 0.4) is 0 Å². The van der Waals surface area contributed by atoms with Gasteiger partial charge in [0.1, 0.15) is 0 Å². The maximum atomic E-state index is 13.8. The molecule has 2 aromatic carbocycles. The molecule has 9 heteroatoms. The number of benzene rings is 2. The Morgan fingerprint density at radius 3 is 2.59 bits per heavy atom. The van der Waals surface area contributed by atoms with Gasteiger partial charge in [-0.2, -0.15) is 4.31 Å². The number of sulfonamides is 1. The van der Waals surface area contributed by atoms with Crippen molar-refractivity contribution in [2.75, 3.05) is 26.8 Å². The Hall–Kier alpha value is -2.88. The van der Waals surface area contributed by atoms with Gasteiger partial charge in [0, 0.05) is 24.9 Å². The van der Waals surface area contributed by atoms with Gasteiger partial charge in [-0.25, -0.2) is 18.2 Å². The third kappa shape index (κ3) is 4.68. The van der Waals surface area contributed by atoms with Crippen LogP contribution in [0.15, 0.2) is 46.3 Å². The van der Waals surface area contributed by atoms with Gasteiger partial charge in [0.2, 0.25) is 10.0 Å². The fourth-order valence-corrected chi connectivity index (χ4v) is 6.07. The van der Waals surface area contributed by atoms with Crippen LogP contribution in [0.4, 0.5) is 0 Å². The third-order valence-electron chi connectivity index (χ3n) is 6.29. The van der Waals surface area contributed by atoms with Crippen molar-refractivity contribution in [2.45, 2.75) is 37.7 Å². The van der Waals surface area contributed by atoms with Crippen LogP contribution in [0.25, 0.3) is 6.08 Å². The molecule has 1 amide bonds. The molecule has 0 radical (unpaired) electrons. The van der Waals surface area contributed by atoms with Crippen molar-refractivity contribution in [1.29, 1.82) is 0 Å². The molecule has 0 aromatic heterocycles. The van der Waals surface area contributed by atoms with E-state index in [0.717, 1.165) is 29.2 Å². The van der Waals surface area contributed by atoms with Gasteiger partial charge in [0.25, 0.3) is 5.91 Å². The molecular formula is C25H28N2O6S. The quantitative estimate of drug-likeness (QED) is 0.552. The summed E-state index contributed by atoms with van der Waals surface area (Å²) < 4.78 is 39.4. The fraction of sp³-hybridized carbons (Fsp3) is 0.400. The van der Waals surface area contributed by atoms with Crippen LogP contribution in [0.1, 0.15) is 34.3 Å². The van der Waals surface area contributed by atoms with E-state index in [1.165, 1.54) is 23.5 Å². The van der Waals surface area contributed by atoms with Crippen molar-refractivity contribution >= 4 is 28.0 Å². The number of nitrogens with zero attached hydrogens (tertiary/aromatic N) is 2. The Labute approximate surface area is 198 Å². The van der Waals surface area contributed by atoms with E-state index in [1.54, 1.807) is 18.2 Å². The van der Waals surface area contributed by atoms with E-state index in [2.05, 4.69) is 4.99 Å². The van der Waals surface area contributed by atoms with Crippen LogP contribution in [0.2, 0.25) is 0 Å². The van der Waals surface area contributed by atoms with E-state index in [1.807, 2.05) is 26.0 Å². The number of hydrogen-bond donors (Lipinski definition) is 0. The largest absolute Gasteiger partial charge is 0.465 e. The Balaban J connectivity index is 1.76. The molecule has 2 aliphatic rings. The van der Waals surface area contributed by atoms with Crippen molar-refractivity contribution in [3.05, 3.63) is 63.7 Å². The molecule has 2 aromatic rings. The number of methoxy groups -OCH3 is 1. The average Bonchev–Trinajstić information content (AvgIpc) is 3.34. The highest BCUT2D eigenvalue weighted by Gasteiger charge is 2.35. The number of esters is 1. The molecule has 2 heterocycles. The predicted molar refractivity (Wildman–Crippen MR) is 125 cm³/mol. The molecule has 1 fully saturated rings. The molecule has 0 bridgehead atoms. The highest BCUT2D eigenvalue weighted by Crippen LogP contribution is 2.25. The number of aryl methyl sites for hydroxylation is 2. The zero-order chi connectivity index (χ0) is 24.5. The Kier molecular flexibility index (Phi) is 6.97. The van der Waals surface area contributed by atoms with E-state index < -0.39 is 27.8 Å². The first-order chi connectivity index (χ1) is 16.2. The summed E-state index contributed by atoms with van der Waals surface area (Å²) in [5, 5.41) is 1.47. The first-order valence-corrected chi connectivity index (χ1v) is 12.7. The Bertz CT molecular complexity index is 1350. The summed E-state index contributed by atoms with van der Waals surface area (Å²) in [6.07, 6.45) is 3.08. The Morgan fingerprint density at radius 2 is 1.88 bits per heavy atom. The molecule has 0 aliphatic carbocycles. The zero-order valence-corrected chi connectivity index (χ0v) is 20.3. The molecule has 34 heavy (non-hydrogen) atoms. The van der Waals surface area contributed by atoms with Gasteiger partial charge >= 0.3 is 5.97 Å². The summed E-state index contributed by atoms with van der Waals surface area (Å²) >= 11 is 0. The molecule has 2 unspecified atom stereocenters. The standard InChI is InChI=1S/C25H28N2O6S/c1-16-10-11-17(2)23-21(16)13-18(24(28)26-23)14-27(15-19-7-6-12-33-19)34(30,31)22-9-5-4-8-20(22)25(29)32-3/h4-5,8-11,13,18-19H,6-7,12,14-15H2,1-3H3. The van der Waals surface area contributed by atoms with E-state index in [0.29, 0.717) is 12.0 Å². The summed E-state index contributed by atoms with van der Waals surface area (Å²) in [6, 6.07) is 9.80. The van der Waals surface area contributed by atoms with Crippen LogP contribution in [-0.2, 0) is 24.3 Å². The van der Waals surface area contributed by atoms with Gasteiger partial charge in [-0.3, -0.25) is 4.79 Å². The SMILES string of the molecule is COC(=O)c1ccccc1S(=O)(=O)N(CC1CCCO1)CC1C=c2c(C)ccc(C)c2=NC1=O. The number of ether oxygens (including phenoxy) is 2. The minimum atomic E-state index is -4.15. The normalized spacial score (nSPS) is 19.9. The Morgan fingerprint density at radius 1 is 1.15 bits per heavy atom. The zero-order valence-electron chi connectivity index (χ0n) is 19.5. The maximum absolute atomic E-state index is 13.8. The van der Waals surface area contributed by atoms with E-state index in [-0.39, 0.29) is 29.7 Å². The van der Waals surface area contributed by atoms with Gasteiger partial charge < -0.3 is 9.47 Å². The lowest BCUT2D eigenvalue weighted by molar-refractivity contribution is -0.120. The van der Waals surface area contributed by atoms with Crippen LogP contribution in [0, 0.1) is 19.8 Å². The lowest BCUT2D eigenvalue weighted by atomic mass is 9.99. The van der Waals surface area contributed by atoms with Crippen molar-refractivity contribution in [2.24, 2.45) is 10.9 Å². The van der Waals surface area contributed by atoms with Gasteiger partial charge in [0.15, 0.2) is 0 Å². The number of rotatable bonds is 7. The van der Waals surface area contributed by atoms with Crippen molar-refractivity contribution in [3.8, 4) is 0 Å². The molecule has 0 N–H and O–H groups in total. The van der Waals surface area contributed by atoms with E-state index in [9.17, 15) is 18.0 Å². The number of carbonyl (C=O) groups is 2. The van der Waals surface area contributed by atoms with Crippen LogP contribution >= 0.6 is 0 Å². The van der Waals surface area contributed by atoms with Gasteiger partial charge in [-0.15, -0.1) is 0 Å². The molecule has 2 atom stereocenters. The summed E-state index contributed by atoms with van der Waals surface area (Å²) in [7, 11) is -2.95. The number of fused-ring (bicyclic) bond motifs is 1. The first kappa shape index (κ1) is 24.3. The second-order valence-corrected chi connectivity index (χ2v) is 10.5. The summed E-state index contributed by atoms with van der Waals surface area (Å²) in [5.74, 6) is -1.89. The number of hydrogen-bond acceptors (Lipinski definition) is 6. The second-order valence-electron chi connectivity index (χ2n) is 8.63. The van der Waals surface area contributed by atoms with Crippen molar-refractivity contribution < 1.29 is 27.5 Å². The first-order valence-electron chi connectivity index (χ1n) is 11.2. The lowest BCUT2D eigenvalue weighted by Crippen LogP contribution is -2.45. The molecule has 0 saturated carbocycles. The second kappa shape index (κ2) is 9.77. The smallest absolute Gasteiger partial charge is 0.339 e. The number of amides is 1. The fourth-order valence-electron chi connectivity index (χ4n) is 4.39. The summed E-state index contributed by atoms with van der Waals surface area (Å²) in [6.45, 7) is 4.36. The maximum Gasteiger partial charge on any atom is 0.339 e. The van der Waals surface area contributed by atoms with Gasteiger partial charge in [0.05, 0.1) is 34.9 Å². The summed E-state index contributed by atoms with van der Waals surface area (Å²) in [5.41, 5.74) is 1.80. The predicted octanol–water partition coefficient (Wildman–Crippen LogP) is 1.52. The molecular weight excluding hydrogens is 456 g/mol. The van der Waals surface area contributed by atoms with Crippen LogP contribution in [-0.4, -0.2) is 57.5 Å². The third-order valence-corrected chi connectivity index (χ3v) is 8.18. The van der Waals surface area contributed by atoms with Crippen molar-refractivity contribution in [1.82, 2.24) is 4.31 Å². The highest BCUT2D eigenvalue weighted by atomic mass is 32.2. The van der Waals surface area contributed by atoms with Crippen LogP contribution in [0.5, 0.6) is 0 Å². The monoisotopic (exact) mass is 484 g/mol. The van der Waals surface area contributed by atoms with Gasteiger partial charge in [-0.05, 0) is 49.9 Å². The molecule has 2 aliphatic heterocycles. The van der Waals surface area contributed by atoms with E-state index in [4.69, 9.17) is 9.47 Å². The average molecular weight is 485 g/mol. The topological polar surface area (TPSA) is 102 Å². The minimum absolute atomic E-state index is 0.0530. The molecule has 0 spiro atoms. The van der Waals surface area contributed by atoms with Crippen LogP contribution < -0.4 is 10.6 Å². The molecule has 4 rings (SSSR count). The molecule has 180 valence electrons. The van der Waals surface area contributed by atoms with Crippen molar-refractivity contribution in [3.63, 3.8) is 0 Å². The molecule has 1 saturated heterocycles. The van der Waals surface area contributed by atoms with E-state index >= 15 is 0 Å². The highest BCUT2D eigenvalue weighted by molar-refractivity contribution is 7.89. The number of carbonyl (C=O) groups excluding carboxylic acids is 2. The minimum Gasteiger partial charge on any atom is -0.465 e. The molecule has 8 nitrogen and oxygen atoms in total. The summed E-state index contributed by atoms with van der Waals surface area (Å²) in [4.78, 5) is 29.4. The lowest BCUT2D eigenvalue weighted by Gasteiger charge is -2.28.